The van der Waals surface area contributed by atoms with Gasteiger partial charge in [-0.2, -0.15) is 0 Å². The van der Waals surface area contributed by atoms with Gasteiger partial charge in [-0.1, -0.05) is 20.8 Å². The number of oxazole rings is 1. The van der Waals surface area contributed by atoms with Crippen LogP contribution in [0, 0.1) is 0 Å². The Morgan fingerprint density at radius 2 is 1.58 bits per heavy atom. The molecular formula is C27H32N2O4. The lowest BCUT2D eigenvalue weighted by atomic mass is 9.85. The molecule has 0 unspecified atom stereocenters. The molecule has 2 aromatic carbocycles. The highest BCUT2D eigenvalue weighted by Gasteiger charge is 2.30. The van der Waals surface area contributed by atoms with Gasteiger partial charge in [0, 0.05) is 36.4 Å². The molecule has 0 saturated heterocycles. The highest BCUT2D eigenvalue weighted by atomic mass is 16.5. The van der Waals surface area contributed by atoms with Gasteiger partial charge in [-0.05, 0) is 67.8 Å². The third-order valence-corrected chi connectivity index (χ3v) is 5.87. The average molecular weight is 449 g/mol. The lowest BCUT2D eigenvalue weighted by Gasteiger charge is -2.32. The van der Waals surface area contributed by atoms with Crippen molar-refractivity contribution in [3.05, 3.63) is 66.2 Å². The Labute approximate surface area is 195 Å². The first-order chi connectivity index (χ1) is 15.9. The molecule has 6 nitrogen and oxygen atoms in total. The van der Waals surface area contributed by atoms with E-state index in [4.69, 9.17) is 9.15 Å². The molecule has 0 spiro atoms. The summed E-state index contributed by atoms with van der Waals surface area (Å²) in [6, 6.07) is 14.7. The number of ether oxygens (including phenoxy) is 1. The highest BCUT2D eigenvalue weighted by Crippen LogP contribution is 2.27. The number of ketones is 1. The zero-order chi connectivity index (χ0) is 23.8. The van der Waals surface area contributed by atoms with E-state index in [9.17, 15) is 9.59 Å². The van der Waals surface area contributed by atoms with E-state index in [1.165, 1.54) is 6.92 Å². The summed E-state index contributed by atoms with van der Waals surface area (Å²) in [5.74, 6) is 1.96. The van der Waals surface area contributed by atoms with Crippen LogP contribution in [0.3, 0.4) is 0 Å². The van der Waals surface area contributed by atoms with Crippen molar-refractivity contribution < 1.29 is 18.7 Å². The third kappa shape index (κ3) is 6.31. The molecule has 0 bridgehead atoms. The number of Topliss-reactive ketones (excluding diaryl/α,β-unsaturated/α-hetero) is 1. The minimum Gasteiger partial charge on any atom is -0.457 e. The minimum absolute atomic E-state index is 0.00147. The first kappa shape index (κ1) is 24.2. The zero-order valence-electron chi connectivity index (χ0n) is 19.8. The van der Waals surface area contributed by atoms with Crippen LogP contribution in [-0.2, 0) is 11.2 Å². The predicted molar refractivity (Wildman–Crippen MR) is 129 cm³/mol. The summed E-state index contributed by atoms with van der Waals surface area (Å²) in [5.41, 5.74) is 1.86. The molecular weight excluding hydrogens is 416 g/mol. The molecule has 0 radical (unpaired) electrons. The molecule has 1 aromatic heterocycles. The topological polar surface area (TPSA) is 81.4 Å². The number of nitrogens with one attached hydrogen (secondary N) is 1. The number of benzene rings is 2. The summed E-state index contributed by atoms with van der Waals surface area (Å²) in [6.45, 7) is 7.55. The Bertz CT molecular complexity index is 1060. The lowest BCUT2D eigenvalue weighted by molar-refractivity contribution is -0.120. The van der Waals surface area contributed by atoms with Gasteiger partial charge in [-0.15, -0.1) is 0 Å². The number of hydrogen-bond donors (Lipinski definition) is 1. The summed E-state index contributed by atoms with van der Waals surface area (Å²) in [6.07, 6.45) is 5.15. The summed E-state index contributed by atoms with van der Waals surface area (Å²) < 4.78 is 11.4. The quantitative estimate of drug-likeness (QED) is 0.345. The molecule has 0 saturated carbocycles. The molecule has 0 atom stereocenters. The third-order valence-electron chi connectivity index (χ3n) is 5.87. The van der Waals surface area contributed by atoms with Crippen molar-refractivity contribution in [3.8, 4) is 22.8 Å². The van der Waals surface area contributed by atoms with E-state index >= 15 is 0 Å². The van der Waals surface area contributed by atoms with E-state index in [-0.39, 0.29) is 18.1 Å². The maximum absolute atomic E-state index is 12.8. The van der Waals surface area contributed by atoms with Crippen LogP contribution in [0.4, 0.5) is 0 Å². The molecule has 33 heavy (non-hydrogen) atoms. The fourth-order valence-electron chi connectivity index (χ4n) is 3.81. The van der Waals surface area contributed by atoms with Gasteiger partial charge in [-0.25, -0.2) is 4.98 Å². The monoisotopic (exact) mass is 448 g/mol. The van der Waals surface area contributed by atoms with Gasteiger partial charge in [0.15, 0.2) is 11.7 Å². The number of nitrogens with zero attached hydrogens (tertiary/aromatic N) is 1. The summed E-state index contributed by atoms with van der Waals surface area (Å²) >= 11 is 0. The molecule has 3 aromatic rings. The van der Waals surface area contributed by atoms with Crippen molar-refractivity contribution >= 4 is 11.7 Å². The fourth-order valence-corrected chi connectivity index (χ4v) is 3.81. The van der Waals surface area contributed by atoms with Gasteiger partial charge in [0.25, 0.3) is 0 Å². The van der Waals surface area contributed by atoms with Crippen molar-refractivity contribution in [2.24, 2.45) is 0 Å². The van der Waals surface area contributed by atoms with Crippen molar-refractivity contribution in [3.63, 3.8) is 0 Å². The lowest BCUT2D eigenvalue weighted by Crippen LogP contribution is -2.48. The number of hydrogen-bond acceptors (Lipinski definition) is 5. The van der Waals surface area contributed by atoms with Gasteiger partial charge in [0.05, 0.1) is 0 Å². The Kier molecular flexibility index (Phi) is 8.04. The highest BCUT2D eigenvalue weighted by molar-refractivity contribution is 5.97. The van der Waals surface area contributed by atoms with Crippen LogP contribution in [0.15, 0.2) is 59.2 Å². The maximum Gasteiger partial charge on any atom is 0.217 e. The fraction of sp³-hybridized carbons (Fsp3) is 0.370. The van der Waals surface area contributed by atoms with Crippen LogP contribution in [-0.4, -0.2) is 22.2 Å². The van der Waals surface area contributed by atoms with E-state index in [0.29, 0.717) is 29.9 Å². The van der Waals surface area contributed by atoms with Crippen LogP contribution in [0.25, 0.3) is 11.3 Å². The second-order valence-electron chi connectivity index (χ2n) is 8.30. The van der Waals surface area contributed by atoms with E-state index < -0.39 is 5.54 Å². The summed E-state index contributed by atoms with van der Waals surface area (Å²) in [7, 11) is 0. The molecule has 1 amide bonds. The number of aromatic nitrogens is 1. The molecule has 0 aliphatic carbocycles. The molecule has 0 aliphatic heterocycles. The Morgan fingerprint density at radius 3 is 2.12 bits per heavy atom. The van der Waals surface area contributed by atoms with Crippen molar-refractivity contribution in [2.45, 2.75) is 65.3 Å². The predicted octanol–water partition coefficient (Wildman–Crippen LogP) is 6.35. The van der Waals surface area contributed by atoms with Gasteiger partial charge in [0.2, 0.25) is 5.91 Å². The van der Waals surface area contributed by atoms with Crippen molar-refractivity contribution in [1.29, 1.82) is 0 Å². The van der Waals surface area contributed by atoms with E-state index in [1.54, 1.807) is 30.5 Å². The number of rotatable bonds is 11. The van der Waals surface area contributed by atoms with Gasteiger partial charge in [0.1, 0.15) is 23.5 Å². The van der Waals surface area contributed by atoms with Crippen LogP contribution < -0.4 is 10.1 Å². The van der Waals surface area contributed by atoms with E-state index in [0.717, 1.165) is 30.0 Å². The standard InChI is InChI=1S/C27H32N2O4/c1-5-8-26-28-24(18-32-26)20-9-13-22(14-10-20)33-23-15-11-21(12-16-23)25(31)17-27(6-2,7-3)29-19(4)30/h9-16,18H,5-8,17H2,1-4H3,(H,29,30). The second-order valence-corrected chi connectivity index (χ2v) is 8.30. The molecule has 6 heteroatoms. The van der Waals surface area contributed by atoms with E-state index in [2.05, 4.69) is 17.2 Å². The normalized spacial score (nSPS) is 11.3. The smallest absolute Gasteiger partial charge is 0.217 e. The van der Waals surface area contributed by atoms with Crippen molar-refractivity contribution in [2.75, 3.05) is 0 Å². The first-order valence-corrected chi connectivity index (χ1v) is 11.5. The van der Waals surface area contributed by atoms with Crippen LogP contribution in [0.2, 0.25) is 0 Å². The molecule has 1 N–H and O–H groups in total. The molecule has 0 aliphatic rings. The minimum atomic E-state index is -0.513. The van der Waals surface area contributed by atoms with Crippen molar-refractivity contribution in [1.82, 2.24) is 10.3 Å². The number of amides is 1. The summed E-state index contributed by atoms with van der Waals surface area (Å²) in [5, 5.41) is 2.97. The Morgan fingerprint density at radius 1 is 0.970 bits per heavy atom. The average Bonchev–Trinajstić information content (AvgIpc) is 3.28. The molecule has 0 fully saturated rings. The number of aryl methyl sites for hydroxylation is 1. The Balaban J connectivity index is 1.64. The first-order valence-electron chi connectivity index (χ1n) is 11.5. The SMILES string of the molecule is CCCc1nc(-c2ccc(Oc3ccc(C(=O)CC(CC)(CC)NC(C)=O)cc3)cc2)co1. The van der Waals surface area contributed by atoms with Crippen LogP contribution in [0.5, 0.6) is 11.5 Å². The van der Waals surface area contributed by atoms with Gasteiger partial charge < -0.3 is 14.5 Å². The second kappa shape index (κ2) is 10.9. The van der Waals surface area contributed by atoms with Crippen LogP contribution >= 0.6 is 0 Å². The largest absolute Gasteiger partial charge is 0.457 e. The zero-order valence-corrected chi connectivity index (χ0v) is 19.8. The number of carbonyl (C=O) groups excluding carboxylic acids is 2. The van der Waals surface area contributed by atoms with Gasteiger partial charge in [-0.3, -0.25) is 9.59 Å². The Hall–Kier alpha value is -3.41. The van der Waals surface area contributed by atoms with E-state index in [1.807, 2.05) is 38.1 Å². The summed E-state index contributed by atoms with van der Waals surface area (Å²) in [4.78, 5) is 28.9. The maximum atomic E-state index is 12.8. The molecule has 174 valence electrons. The number of carbonyl (C=O) groups is 2. The van der Waals surface area contributed by atoms with Crippen LogP contribution in [0.1, 0.15) is 69.6 Å². The van der Waals surface area contributed by atoms with Gasteiger partial charge >= 0.3 is 0 Å². The molecule has 3 rings (SSSR count). The molecule has 1 heterocycles.